The molecule has 0 saturated carbocycles. The molecule has 16 heavy (non-hydrogen) atoms. The Bertz CT molecular complexity index is 321. The number of aliphatic hydroxyl groups excluding tert-OH is 1. The summed E-state index contributed by atoms with van der Waals surface area (Å²) in [5.74, 6) is 0.750. The van der Waals surface area contributed by atoms with E-state index < -0.39 is 0 Å². The average molecular weight is 237 g/mol. The summed E-state index contributed by atoms with van der Waals surface area (Å²) in [6.45, 7) is 1.68. The molecule has 3 heteroatoms. The van der Waals surface area contributed by atoms with Gasteiger partial charge < -0.3 is 10.4 Å². The van der Waals surface area contributed by atoms with Gasteiger partial charge in [0, 0.05) is 6.54 Å². The third kappa shape index (κ3) is 3.44. The molecule has 0 amide bonds. The summed E-state index contributed by atoms with van der Waals surface area (Å²) in [4.78, 5) is 0. The van der Waals surface area contributed by atoms with Crippen molar-refractivity contribution in [2.24, 2.45) is 5.92 Å². The standard InChI is InChI=1S/C13H19NOS/c15-13(12-6-7-16-10-12)9-14-8-11-4-2-1-3-5-11/h1-2,6-7,10-11,13-15H,3-5,8-9H2. The van der Waals surface area contributed by atoms with Gasteiger partial charge in [-0.25, -0.2) is 0 Å². The third-order valence-electron chi connectivity index (χ3n) is 3.08. The van der Waals surface area contributed by atoms with E-state index in [-0.39, 0.29) is 6.10 Å². The van der Waals surface area contributed by atoms with Gasteiger partial charge in [-0.2, -0.15) is 11.3 Å². The maximum atomic E-state index is 9.87. The molecule has 2 N–H and O–H groups in total. The van der Waals surface area contributed by atoms with Crippen LogP contribution >= 0.6 is 11.3 Å². The number of nitrogens with one attached hydrogen (secondary N) is 1. The Morgan fingerprint density at radius 1 is 1.50 bits per heavy atom. The molecule has 1 heterocycles. The summed E-state index contributed by atoms with van der Waals surface area (Å²) in [7, 11) is 0. The van der Waals surface area contributed by atoms with Crippen LogP contribution in [0.3, 0.4) is 0 Å². The highest BCUT2D eigenvalue weighted by Crippen LogP contribution is 2.18. The Balaban J connectivity index is 1.66. The normalized spacial score (nSPS) is 22.2. The molecule has 1 aliphatic rings. The van der Waals surface area contributed by atoms with Crippen LogP contribution < -0.4 is 5.32 Å². The lowest BCUT2D eigenvalue weighted by Crippen LogP contribution is -2.27. The monoisotopic (exact) mass is 237 g/mol. The predicted molar refractivity (Wildman–Crippen MR) is 68.6 cm³/mol. The van der Waals surface area contributed by atoms with Crippen LogP contribution in [-0.4, -0.2) is 18.2 Å². The third-order valence-corrected chi connectivity index (χ3v) is 3.78. The zero-order valence-corrected chi connectivity index (χ0v) is 10.2. The summed E-state index contributed by atoms with van der Waals surface area (Å²) in [5.41, 5.74) is 1.03. The topological polar surface area (TPSA) is 32.3 Å². The first-order valence-electron chi connectivity index (χ1n) is 5.92. The first kappa shape index (κ1) is 11.8. The smallest absolute Gasteiger partial charge is 0.0922 e. The van der Waals surface area contributed by atoms with E-state index in [9.17, 15) is 5.11 Å². The molecule has 0 bridgehead atoms. The molecular weight excluding hydrogens is 218 g/mol. The summed E-state index contributed by atoms with van der Waals surface area (Å²) in [6, 6.07) is 1.99. The van der Waals surface area contributed by atoms with Crippen molar-refractivity contribution in [3.63, 3.8) is 0 Å². The second-order valence-electron chi connectivity index (χ2n) is 4.38. The molecule has 2 unspecified atom stereocenters. The van der Waals surface area contributed by atoms with Gasteiger partial charge >= 0.3 is 0 Å². The fourth-order valence-corrected chi connectivity index (χ4v) is 2.76. The summed E-state index contributed by atoms with van der Waals surface area (Å²) in [5, 5.41) is 17.2. The number of rotatable bonds is 5. The van der Waals surface area contributed by atoms with Gasteiger partial charge in [0.2, 0.25) is 0 Å². The molecule has 0 radical (unpaired) electrons. The number of allylic oxidation sites excluding steroid dienone is 2. The molecule has 2 nitrogen and oxygen atoms in total. The molecule has 0 aliphatic heterocycles. The molecule has 2 rings (SSSR count). The SMILES string of the molecule is OC(CNCC1CC=CCC1)c1ccsc1. The van der Waals surface area contributed by atoms with Crippen molar-refractivity contribution in [2.45, 2.75) is 25.4 Å². The highest BCUT2D eigenvalue weighted by Gasteiger charge is 2.11. The van der Waals surface area contributed by atoms with Crippen LogP contribution in [0.25, 0.3) is 0 Å². The van der Waals surface area contributed by atoms with Crippen LogP contribution in [-0.2, 0) is 0 Å². The number of thiophene rings is 1. The zero-order valence-electron chi connectivity index (χ0n) is 9.43. The van der Waals surface area contributed by atoms with E-state index >= 15 is 0 Å². The fraction of sp³-hybridized carbons (Fsp3) is 0.538. The number of hydrogen-bond acceptors (Lipinski definition) is 3. The Hall–Kier alpha value is -0.640. The molecule has 1 aromatic rings. The van der Waals surface area contributed by atoms with Crippen LogP contribution in [0.5, 0.6) is 0 Å². The van der Waals surface area contributed by atoms with E-state index in [1.807, 2.05) is 16.8 Å². The van der Waals surface area contributed by atoms with Crippen molar-refractivity contribution >= 4 is 11.3 Å². The van der Waals surface area contributed by atoms with Crippen LogP contribution in [0, 0.1) is 5.92 Å². The van der Waals surface area contributed by atoms with Gasteiger partial charge in [-0.1, -0.05) is 12.2 Å². The molecule has 1 aromatic heterocycles. The van der Waals surface area contributed by atoms with Crippen LogP contribution in [0.15, 0.2) is 29.0 Å². The fourth-order valence-electron chi connectivity index (χ4n) is 2.05. The van der Waals surface area contributed by atoms with E-state index in [4.69, 9.17) is 0 Å². The van der Waals surface area contributed by atoms with Crippen molar-refractivity contribution in [3.8, 4) is 0 Å². The van der Waals surface area contributed by atoms with E-state index in [1.165, 1.54) is 19.3 Å². The number of hydrogen-bond donors (Lipinski definition) is 2. The van der Waals surface area contributed by atoms with Gasteiger partial charge in [0.1, 0.15) is 0 Å². The highest BCUT2D eigenvalue weighted by atomic mass is 32.1. The van der Waals surface area contributed by atoms with Crippen LogP contribution in [0.4, 0.5) is 0 Å². The van der Waals surface area contributed by atoms with Crippen LogP contribution in [0.2, 0.25) is 0 Å². The Labute approximate surface area is 101 Å². The second-order valence-corrected chi connectivity index (χ2v) is 5.16. The Morgan fingerprint density at radius 3 is 3.12 bits per heavy atom. The van der Waals surface area contributed by atoms with E-state index in [1.54, 1.807) is 11.3 Å². The van der Waals surface area contributed by atoms with Crippen LogP contribution in [0.1, 0.15) is 30.9 Å². The summed E-state index contributed by atoms with van der Waals surface area (Å²) >= 11 is 1.63. The van der Waals surface area contributed by atoms with Crippen molar-refractivity contribution in [2.75, 3.05) is 13.1 Å². The maximum Gasteiger partial charge on any atom is 0.0922 e. The van der Waals surface area contributed by atoms with Gasteiger partial charge in [0.05, 0.1) is 6.10 Å². The van der Waals surface area contributed by atoms with Gasteiger partial charge in [0.15, 0.2) is 0 Å². The largest absolute Gasteiger partial charge is 0.387 e. The Kier molecular flexibility index (Phi) is 4.57. The first-order valence-corrected chi connectivity index (χ1v) is 6.86. The minimum atomic E-state index is -0.356. The van der Waals surface area contributed by atoms with E-state index in [0.717, 1.165) is 18.0 Å². The lowest BCUT2D eigenvalue weighted by atomic mass is 9.94. The quantitative estimate of drug-likeness (QED) is 0.772. The lowest BCUT2D eigenvalue weighted by Gasteiger charge is -2.19. The molecule has 88 valence electrons. The lowest BCUT2D eigenvalue weighted by molar-refractivity contribution is 0.173. The van der Waals surface area contributed by atoms with Crippen molar-refractivity contribution < 1.29 is 5.11 Å². The first-order chi connectivity index (χ1) is 7.86. The van der Waals surface area contributed by atoms with E-state index in [2.05, 4.69) is 17.5 Å². The number of aliphatic hydroxyl groups is 1. The Morgan fingerprint density at radius 2 is 2.44 bits per heavy atom. The summed E-state index contributed by atoms with van der Waals surface area (Å²) in [6.07, 6.45) is 7.84. The molecular formula is C13H19NOS. The second kappa shape index (κ2) is 6.18. The summed E-state index contributed by atoms with van der Waals surface area (Å²) < 4.78 is 0. The molecule has 0 saturated heterocycles. The van der Waals surface area contributed by atoms with Crippen molar-refractivity contribution in [3.05, 3.63) is 34.5 Å². The zero-order chi connectivity index (χ0) is 11.2. The van der Waals surface area contributed by atoms with Crippen molar-refractivity contribution in [1.29, 1.82) is 0 Å². The molecule has 1 aliphatic carbocycles. The van der Waals surface area contributed by atoms with Gasteiger partial charge in [-0.05, 0) is 54.1 Å². The van der Waals surface area contributed by atoms with E-state index in [0.29, 0.717) is 6.54 Å². The minimum Gasteiger partial charge on any atom is -0.387 e. The predicted octanol–water partition coefficient (Wildman–Crippen LogP) is 2.73. The maximum absolute atomic E-state index is 9.87. The van der Waals surface area contributed by atoms with Crippen molar-refractivity contribution in [1.82, 2.24) is 5.32 Å². The molecule has 0 fully saturated rings. The minimum absolute atomic E-state index is 0.356. The molecule has 2 atom stereocenters. The van der Waals surface area contributed by atoms with Gasteiger partial charge in [-0.3, -0.25) is 0 Å². The average Bonchev–Trinajstić information content (AvgIpc) is 2.84. The molecule has 0 spiro atoms. The highest BCUT2D eigenvalue weighted by molar-refractivity contribution is 7.07. The molecule has 0 aromatic carbocycles. The van der Waals surface area contributed by atoms with Gasteiger partial charge in [-0.15, -0.1) is 0 Å². The van der Waals surface area contributed by atoms with Gasteiger partial charge in [0.25, 0.3) is 0 Å².